The summed E-state index contributed by atoms with van der Waals surface area (Å²) in [6.07, 6.45) is 1.26. The molecule has 22 heavy (non-hydrogen) atoms. The molecule has 1 fully saturated rings. The number of hydrogen-bond acceptors (Lipinski definition) is 5. The lowest BCUT2D eigenvalue weighted by Gasteiger charge is -2.27. The quantitative estimate of drug-likeness (QED) is 0.881. The van der Waals surface area contributed by atoms with Crippen LogP contribution >= 0.6 is 0 Å². The van der Waals surface area contributed by atoms with Gasteiger partial charge in [0.25, 0.3) is 0 Å². The van der Waals surface area contributed by atoms with E-state index >= 15 is 0 Å². The lowest BCUT2D eigenvalue weighted by atomic mass is 10.0. The van der Waals surface area contributed by atoms with Crippen molar-refractivity contribution < 1.29 is 19.0 Å². The fourth-order valence-electron chi connectivity index (χ4n) is 3.05. The first kappa shape index (κ1) is 15.5. The molecule has 0 spiro atoms. The first-order chi connectivity index (χ1) is 10.5. The number of nitrogens with zero attached hydrogens (tertiary/aromatic N) is 1. The van der Waals surface area contributed by atoms with Crippen LogP contribution in [-0.4, -0.2) is 48.4 Å². The molecule has 1 aromatic rings. The van der Waals surface area contributed by atoms with Crippen molar-refractivity contribution in [2.75, 3.05) is 26.2 Å². The third-order valence-electron chi connectivity index (χ3n) is 4.24. The van der Waals surface area contributed by atoms with E-state index in [1.807, 2.05) is 6.92 Å². The van der Waals surface area contributed by atoms with Gasteiger partial charge < -0.3 is 25.2 Å². The maximum atomic E-state index is 14.1. The lowest BCUT2D eigenvalue weighted by molar-refractivity contribution is 0.0961. The molecule has 0 saturated carbocycles. The first-order valence-corrected chi connectivity index (χ1v) is 7.83. The highest BCUT2D eigenvalue weighted by Crippen LogP contribution is 2.37. The van der Waals surface area contributed by atoms with Crippen molar-refractivity contribution in [2.24, 2.45) is 5.73 Å². The van der Waals surface area contributed by atoms with Gasteiger partial charge in [0.2, 0.25) is 0 Å². The van der Waals surface area contributed by atoms with Crippen molar-refractivity contribution in [3.63, 3.8) is 0 Å². The largest absolute Gasteiger partial charge is 0.483 e. The highest BCUT2D eigenvalue weighted by molar-refractivity contribution is 5.46. The summed E-state index contributed by atoms with van der Waals surface area (Å²) in [5.74, 6) is -0.0739. The zero-order valence-corrected chi connectivity index (χ0v) is 12.8. The Kier molecular flexibility index (Phi) is 4.52. The molecule has 0 amide bonds. The number of aliphatic hydroxyl groups excluding tert-OH is 1. The fourth-order valence-corrected chi connectivity index (χ4v) is 3.05. The predicted molar refractivity (Wildman–Crippen MR) is 80.6 cm³/mol. The van der Waals surface area contributed by atoms with Gasteiger partial charge in [0, 0.05) is 12.6 Å². The van der Waals surface area contributed by atoms with Gasteiger partial charge in [-0.25, -0.2) is 4.39 Å². The summed E-state index contributed by atoms with van der Waals surface area (Å²) >= 11 is 0. The maximum Gasteiger partial charge on any atom is 0.197 e. The standard InChI is InChI=1S/C16H23FN2O3/c1-10-9-21-16-12(17)6-11(7-14(16)22-10)15(20)13(18)8-19-4-2-3-5-19/h6-7,10,13,15,20H,2-5,8-9,18H2,1H3/t10-,13+,15+/m0/s1. The molecule has 6 heteroatoms. The number of fused-ring (bicyclic) bond motifs is 1. The molecule has 0 unspecified atom stereocenters. The lowest BCUT2D eigenvalue weighted by Crippen LogP contribution is -2.40. The van der Waals surface area contributed by atoms with Gasteiger partial charge in [-0.3, -0.25) is 0 Å². The average Bonchev–Trinajstić information content (AvgIpc) is 2.98. The summed E-state index contributed by atoms with van der Waals surface area (Å²) in [6.45, 7) is 4.79. The Morgan fingerprint density at radius 2 is 2.14 bits per heavy atom. The normalized spacial score (nSPS) is 24.3. The summed E-state index contributed by atoms with van der Waals surface area (Å²) in [7, 11) is 0. The van der Waals surface area contributed by atoms with E-state index in [9.17, 15) is 9.50 Å². The molecule has 1 aromatic carbocycles. The van der Waals surface area contributed by atoms with E-state index in [-0.39, 0.29) is 11.9 Å². The van der Waals surface area contributed by atoms with Crippen LogP contribution in [0, 0.1) is 5.82 Å². The van der Waals surface area contributed by atoms with Crippen LogP contribution in [-0.2, 0) is 0 Å². The molecule has 0 bridgehead atoms. The second-order valence-electron chi connectivity index (χ2n) is 6.19. The highest BCUT2D eigenvalue weighted by Gasteiger charge is 2.27. The molecule has 2 aliphatic rings. The minimum Gasteiger partial charge on any atom is -0.483 e. The molecule has 2 heterocycles. The predicted octanol–water partition coefficient (Wildman–Crippen LogP) is 1.44. The summed E-state index contributed by atoms with van der Waals surface area (Å²) in [5.41, 5.74) is 6.53. The number of nitrogens with two attached hydrogens (primary N) is 1. The van der Waals surface area contributed by atoms with E-state index in [1.165, 1.54) is 18.9 Å². The maximum absolute atomic E-state index is 14.1. The summed E-state index contributed by atoms with van der Waals surface area (Å²) in [6, 6.07) is 2.45. The second-order valence-corrected chi connectivity index (χ2v) is 6.19. The van der Waals surface area contributed by atoms with Crippen LogP contribution in [0.25, 0.3) is 0 Å². The summed E-state index contributed by atoms with van der Waals surface area (Å²) in [5, 5.41) is 10.4. The Labute approximate surface area is 129 Å². The van der Waals surface area contributed by atoms with E-state index in [0.717, 1.165) is 13.1 Å². The topological polar surface area (TPSA) is 68.0 Å². The zero-order valence-electron chi connectivity index (χ0n) is 12.8. The number of aliphatic hydroxyl groups is 1. The van der Waals surface area contributed by atoms with Gasteiger partial charge in [-0.2, -0.15) is 0 Å². The second kappa shape index (κ2) is 6.40. The van der Waals surface area contributed by atoms with Gasteiger partial charge in [0.05, 0.1) is 6.10 Å². The molecule has 5 nitrogen and oxygen atoms in total. The van der Waals surface area contributed by atoms with E-state index in [1.54, 1.807) is 6.07 Å². The smallest absolute Gasteiger partial charge is 0.197 e. The fraction of sp³-hybridized carbons (Fsp3) is 0.625. The van der Waals surface area contributed by atoms with Crippen molar-refractivity contribution in [1.29, 1.82) is 0 Å². The number of likely N-dealkylation sites (tertiary alicyclic amines) is 1. The molecule has 0 radical (unpaired) electrons. The van der Waals surface area contributed by atoms with Crippen molar-refractivity contribution in [3.8, 4) is 11.5 Å². The van der Waals surface area contributed by atoms with Crippen LogP contribution in [0.4, 0.5) is 4.39 Å². The van der Waals surface area contributed by atoms with Crippen LogP contribution in [0.15, 0.2) is 12.1 Å². The average molecular weight is 310 g/mol. The van der Waals surface area contributed by atoms with Gasteiger partial charge >= 0.3 is 0 Å². The third kappa shape index (κ3) is 3.19. The van der Waals surface area contributed by atoms with Gasteiger partial charge in [0.1, 0.15) is 12.7 Å². The van der Waals surface area contributed by atoms with Crippen LogP contribution in [0.3, 0.4) is 0 Å². The van der Waals surface area contributed by atoms with Crippen molar-refractivity contribution >= 4 is 0 Å². The molecule has 3 rings (SSSR count). The van der Waals surface area contributed by atoms with E-state index in [4.69, 9.17) is 15.2 Å². The first-order valence-electron chi connectivity index (χ1n) is 7.83. The van der Waals surface area contributed by atoms with Crippen molar-refractivity contribution in [3.05, 3.63) is 23.5 Å². The Balaban J connectivity index is 1.75. The SMILES string of the molecule is C[C@H]1COc2c(F)cc([C@@H](O)[C@H](N)CN3CCCC3)cc2O1. The van der Waals surface area contributed by atoms with Crippen molar-refractivity contribution in [2.45, 2.75) is 38.0 Å². The monoisotopic (exact) mass is 310 g/mol. The van der Waals surface area contributed by atoms with Crippen LogP contribution in [0.5, 0.6) is 11.5 Å². The molecule has 3 atom stereocenters. The van der Waals surface area contributed by atoms with Crippen LogP contribution in [0.2, 0.25) is 0 Å². The van der Waals surface area contributed by atoms with E-state index in [0.29, 0.717) is 24.5 Å². The molecule has 1 saturated heterocycles. The van der Waals surface area contributed by atoms with Gasteiger partial charge in [-0.05, 0) is 50.6 Å². The molecular formula is C16H23FN2O3. The van der Waals surface area contributed by atoms with Gasteiger partial charge in [-0.15, -0.1) is 0 Å². The van der Waals surface area contributed by atoms with Crippen LogP contribution in [0.1, 0.15) is 31.4 Å². The molecule has 0 aromatic heterocycles. The van der Waals surface area contributed by atoms with Gasteiger partial charge in [0.15, 0.2) is 17.3 Å². The van der Waals surface area contributed by atoms with E-state index in [2.05, 4.69) is 4.90 Å². The zero-order chi connectivity index (χ0) is 15.7. The molecule has 122 valence electrons. The summed E-state index contributed by atoms with van der Waals surface area (Å²) in [4.78, 5) is 2.23. The number of benzene rings is 1. The van der Waals surface area contributed by atoms with Crippen molar-refractivity contribution in [1.82, 2.24) is 4.90 Å². The number of ether oxygens (including phenoxy) is 2. The van der Waals surface area contributed by atoms with Gasteiger partial charge in [-0.1, -0.05) is 0 Å². The summed E-state index contributed by atoms with van der Waals surface area (Å²) < 4.78 is 25.1. The molecular weight excluding hydrogens is 287 g/mol. The minimum absolute atomic E-state index is 0.113. The molecule has 0 aliphatic carbocycles. The Bertz CT molecular complexity index is 534. The number of rotatable bonds is 4. The molecule has 3 N–H and O–H groups in total. The molecule has 2 aliphatic heterocycles. The minimum atomic E-state index is -0.929. The van der Waals surface area contributed by atoms with E-state index < -0.39 is 18.0 Å². The Morgan fingerprint density at radius 1 is 1.41 bits per heavy atom. The Hall–Kier alpha value is -1.37. The van der Waals surface area contributed by atoms with Crippen LogP contribution < -0.4 is 15.2 Å². The Morgan fingerprint density at radius 3 is 2.86 bits per heavy atom. The number of hydrogen-bond donors (Lipinski definition) is 2. The number of halogens is 1. The highest BCUT2D eigenvalue weighted by atomic mass is 19.1. The third-order valence-corrected chi connectivity index (χ3v) is 4.24.